The van der Waals surface area contributed by atoms with Crippen molar-refractivity contribution >= 4 is 12.0 Å². The van der Waals surface area contributed by atoms with Crippen molar-refractivity contribution in [1.82, 2.24) is 10.6 Å². The predicted molar refractivity (Wildman–Crippen MR) is 110 cm³/mol. The molecule has 0 saturated heterocycles. The first-order valence-electron chi connectivity index (χ1n) is 10.1. The van der Waals surface area contributed by atoms with Crippen LogP contribution in [0.3, 0.4) is 0 Å². The maximum atomic E-state index is 12.4. The molecule has 0 radical (unpaired) electrons. The molecule has 0 spiro atoms. The van der Waals surface area contributed by atoms with Crippen LogP contribution in [-0.2, 0) is 0 Å². The van der Waals surface area contributed by atoms with Crippen LogP contribution in [0, 0.1) is 0 Å². The lowest BCUT2D eigenvalue weighted by molar-refractivity contribution is 0.0696. The van der Waals surface area contributed by atoms with E-state index in [4.69, 9.17) is 9.84 Å². The first-order valence-corrected chi connectivity index (χ1v) is 10.1. The minimum absolute atomic E-state index is 0.0860. The van der Waals surface area contributed by atoms with Gasteiger partial charge in [0.2, 0.25) is 0 Å². The lowest BCUT2D eigenvalue weighted by Gasteiger charge is -2.34. The molecule has 6 heteroatoms. The highest BCUT2D eigenvalue weighted by Crippen LogP contribution is 2.25. The summed E-state index contributed by atoms with van der Waals surface area (Å²) >= 11 is 0. The Morgan fingerprint density at radius 2 is 1.79 bits per heavy atom. The van der Waals surface area contributed by atoms with E-state index in [1.165, 1.54) is 0 Å². The molecule has 1 fully saturated rings. The van der Waals surface area contributed by atoms with Crippen LogP contribution in [0.4, 0.5) is 4.79 Å². The van der Waals surface area contributed by atoms with Crippen molar-refractivity contribution in [3.8, 4) is 5.75 Å². The highest BCUT2D eigenvalue weighted by molar-refractivity contribution is 5.87. The van der Waals surface area contributed by atoms with Crippen LogP contribution in [-0.4, -0.2) is 34.8 Å². The fourth-order valence-corrected chi connectivity index (χ4v) is 3.70. The van der Waals surface area contributed by atoms with Gasteiger partial charge in [-0.1, -0.05) is 19.9 Å². The van der Waals surface area contributed by atoms with Crippen LogP contribution in [0.5, 0.6) is 5.75 Å². The van der Waals surface area contributed by atoms with Gasteiger partial charge in [0.25, 0.3) is 0 Å². The summed E-state index contributed by atoms with van der Waals surface area (Å²) in [5.41, 5.74) is 0.0202. The zero-order valence-electron chi connectivity index (χ0n) is 16.9. The Balaban J connectivity index is 1.79. The summed E-state index contributed by atoms with van der Waals surface area (Å²) in [4.78, 5) is 23.3. The molecule has 1 aromatic rings. The van der Waals surface area contributed by atoms with Gasteiger partial charge in [-0.3, -0.25) is 0 Å². The number of nitrogens with one attached hydrogen (secondary N) is 2. The molecule has 6 nitrogen and oxygen atoms in total. The van der Waals surface area contributed by atoms with E-state index in [2.05, 4.69) is 31.1 Å². The fourth-order valence-electron chi connectivity index (χ4n) is 3.70. The molecule has 154 valence electrons. The Bertz CT molecular complexity index is 660. The summed E-state index contributed by atoms with van der Waals surface area (Å²) in [5.74, 6) is -0.265. The third kappa shape index (κ3) is 6.01. The Kier molecular flexibility index (Phi) is 7.91. The van der Waals surface area contributed by atoms with Gasteiger partial charge in [-0.2, -0.15) is 0 Å². The minimum atomic E-state index is -0.945. The lowest BCUT2D eigenvalue weighted by atomic mass is 9.89. The van der Waals surface area contributed by atoms with Gasteiger partial charge in [-0.05, 0) is 69.2 Å². The number of aromatic carboxylic acids is 1. The number of carbonyl (C=O) groups is 2. The number of urea groups is 1. The molecule has 2 rings (SSSR count). The Hall–Kier alpha value is -2.50. The van der Waals surface area contributed by atoms with E-state index in [9.17, 15) is 9.59 Å². The number of benzene rings is 1. The molecule has 0 heterocycles. The Morgan fingerprint density at radius 1 is 1.18 bits per heavy atom. The first kappa shape index (κ1) is 21.8. The maximum Gasteiger partial charge on any atom is 0.335 e. The second-order valence-electron chi connectivity index (χ2n) is 7.50. The molecule has 1 aliphatic rings. The summed E-state index contributed by atoms with van der Waals surface area (Å²) < 4.78 is 5.96. The fraction of sp³-hybridized carbons (Fsp3) is 0.545. The molecule has 2 amide bonds. The van der Waals surface area contributed by atoms with Crippen molar-refractivity contribution in [3.63, 3.8) is 0 Å². The van der Waals surface area contributed by atoms with Crippen molar-refractivity contribution in [3.05, 3.63) is 42.5 Å². The third-order valence-electron chi connectivity index (χ3n) is 5.68. The first-order chi connectivity index (χ1) is 13.4. The number of amides is 2. The summed E-state index contributed by atoms with van der Waals surface area (Å²) in [6.07, 6.45) is 7.86. The highest BCUT2D eigenvalue weighted by Gasteiger charge is 2.29. The SMILES string of the molecule is C=CCC(CC)(CC)NC(=O)N[C@H]1CC[C@H](Oc2ccc(C(=O)O)cc2)CC1. The van der Waals surface area contributed by atoms with Crippen molar-refractivity contribution < 1.29 is 19.4 Å². The standard InChI is InChI=1S/C22H32N2O4/c1-4-15-22(5-2,6-3)24-21(27)23-17-9-13-19(14-10-17)28-18-11-7-16(8-12-18)20(25)26/h4,7-8,11-12,17,19H,1,5-6,9-10,13-15H2,2-3H3,(H,25,26)(H2,23,24,27)/t17-,19-. The van der Waals surface area contributed by atoms with Crippen LogP contribution in [0.15, 0.2) is 36.9 Å². The zero-order chi connectivity index (χ0) is 20.6. The largest absolute Gasteiger partial charge is 0.490 e. The van der Waals surface area contributed by atoms with Crippen molar-refractivity contribution in [1.29, 1.82) is 0 Å². The molecule has 1 aromatic carbocycles. The highest BCUT2D eigenvalue weighted by atomic mass is 16.5. The Morgan fingerprint density at radius 3 is 2.29 bits per heavy atom. The summed E-state index contributed by atoms with van der Waals surface area (Å²) in [6, 6.07) is 6.51. The molecular formula is C22H32N2O4. The lowest BCUT2D eigenvalue weighted by Crippen LogP contribution is -2.54. The van der Waals surface area contributed by atoms with Gasteiger partial charge in [0.05, 0.1) is 11.7 Å². The van der Waals surface area contributed by atoms with Gasteiger partial charge in [0.1, 0.15) is 5.75 Å². The van der Waals surface area contributed by atoms with Crippen LogP contribution >= 0.6 is 0 Å². The quantitative estimate of drug-likeness (QED) is 0.543. The average molecular weight is 389 g/mol. The minimum Gasteiger partial charge on any atom is -0.490 e. The zero-order valence-corrected chi connectivity index (χ0v) is 16.9. The second-order valence-corrected chi connectivity index (χ2v) is 7.50. The van der Waals surface area contributed by atoms with Gasteiger partial charge >= 0.3 is 12.0 Å². The number of carbonyl (C=O) groups excluding carboxylic acids is 1. The molecular weight excluding hydrogens is 356 g/mol. The van der Waals surface area contributed by atoms with Gasteiger partial charge in [-0.15, -0.1) is 6.58 Å². The van der Waals surface area contributed by atoms with E-state index >= 15 is 0 Å². The molecule has 0 unspecified atom stereocenters. The summed E-state index contributed by atoms with van der Waals surface area (Å²) in [6.45, 7) is 7.97. The van der Waals surface area contributed by atoms with E-state index in [1.54, 1.807) is 24.3 Å². The van der Waals surface area contributed by atoms with Gasteiger partial charge in [0.15, 0.2) is 0 Å². The van der Waals surface area contributed by atoms with E-state index in [1.807, 2.05) is 6.08 Å². The monoisotopic (exact) mass is 388 g/mol. The molecule has 1 saturated carbocycles. The topological polar surface area (TPSA) is 87.7 Å². The number of carboxylic acid groups (broad SMARTS) is 1. The maximum absolute atomic E-state index is 12.4. The van der Waals surface area contributed by atoms with Gasteiger partial charge in [-0.25, -0.2) is 9.59 Å². The third-order valence-corrected chi connectivity index (χ3v) is 5.68. The van der Waals surface area contributed by atoms with Gasteiger partial charge in [0, 0.05) is 11.6 Å². The summed E-state index contributed by atoms with van der Waals surface area (Å²) in [7, 11) is 0. The smallest absolute Gasteiger partial charge is 0.335 e. The molecule has 0 aliphatic heterocycles. The van der Waals surface area contributed by atoms with Crippen LogP contribution in [0.25, 0.3) is 0 Å². The van der Waals surface area contributed by atoms with Crippen molar-refractivity contribution in [2.45, 2.75) is 76.5 Å². The molecule has 28 heavy (non-hydrogen) atoms. The Labute approximate surface area is 167 Å². The van der Waals surface area contributed by atoms with Crippen molar-refractivity contribution in [2.75, 3.05) is 0 Å². The molecule has 0 bridgehead atoms. The van der Waals surface area contributed by atoms with Crippen LogP contribution in [0.1, 0.15) is 69.2 Å². The number of carboxylic acids is 1. The molecule has 3 N–H and O–H groups in total. The van der Waals surface area contributed by atoms with Gasteiger partial charge < -0.3 is 20.5 Å². The van der Waals surface area contributed by atoms with E-state index in [-0.39, 0.29) is 29.3 Å². The van der Waals surface area contributed by atoms with E-state index < -0.39 is 5.97 Å². The normalized spacial score (nSPS) is 19.5. The van der Waals surface area contributed by atoms with Crippen LogP contribution in [0.2, 0.25) is 0 Å². The number of hydrogen-bond donors (Lipinski definition) is 3. The molecule has 1 aliphatic carbocycles. The van der Waals surface area contributed by atoms with Crippen molar-refractivity contribution in [2.24, 2.45) is 0 Å². The van der Waals surface area contributed by atoms with E-state index in [0.717, 1.165) is 44.9 Å². The number of hydrogen-bond acceptors (Lipinski definition) is 3. The molecule has 0 atom stereocenters. The second kappa shape index (κ2) is 10.2. The number of ether oxygens (including phenoxy) is 1. The summed E-state index contributed by atoms with van der Waals surface area (Å²) in [5, 5.41) is 15.2. The number of rotatable bonds is 9. The van der Waals surface area contributed by atoms with E-state index in [0.29, 0.717) is 5.75 Å². The molecule has 0 aromatic heterocycles. The van der Waals surface area contributed by atoms with Crippen LogP contribution < -0.4 is 15.4 Å². The average Bonchev–Trinajstić information content (AvgIpc) is 2.69. The predicted octanol–water partition coefficient (Wildman–Crippen LogP) is 4.51.